The summed E-state index contributed by atoms with van der Waals surface area (Å²) >= 11 is 14.3. The van der Waals surface area contributed by atoms with E-state index in [0.29, 0.717) is 45.9 Å². The van der Waals surface area contributed by atoms with Crippen molar-refractivity contribution in [3.8, 4) is 29.1 Å². The number of anilines is 1. The molecule has 4 rings (SSSR count). The number of halogens is 3. The Morgan fingerprint density at radius 1 is 1.17 bits per heavy atom. The predicted molar refractivity (Wildman–Crippen MR) is 146 cm³/mol. The summed E-state index contributed by atoms with van der Waals surface area (Å²) in [5, 5.41) is 12.7. The van der Waals surface area contributed by atoms with Gasteiger partial charge < -0.3 is 24.3 Å². The van der Waals surface area contributed by atoms with Gasteiger partial charge in [-0.25, -0.2) is 0 Å². The number of nitrogens with one attached hydrogen (secondary N) is 1. The van der Waals surface area contributed by atoms with Gasteiger partial charge in [0, 0.05) is 0 Å². The van der Waals surface area contributed by atoms with Gasteiger partial charge in [-0.15, -0.1) is 0 Å². The van der Waals surface area contributed by atoms with Crippen LogP contribution in [0.1, 0.15) is 18.1 Å². The van der Waals surface area contributed by atoms with Crippen LogP contribution in [0.2, 0.25) is 10.0 Å². The van der Waals surface area contributed by atoms with Crippen LogP contribution in [0.3, 0.4) is 0 Å². The molecule has 0 saturated carbocycles. The predicted octanol–water partition coefficient (Wildman–Crippen LogP) is 6.85. The number of carbonyl (C=O) groups excluding carboxylic acids is 1. The summed E-state index contributed by atoms with van der Waals surface area (Å²) in [4.78, 5) is 12.7. The molecule has 0 aromatic heterocycles. The lowest BCUT2D eigenvalue weighted by molar-refractivity contribution is -0.112. The average molecular weight is 637 g/mol. The normalized spacial score (nSPS) is 12.1. The van der Waals surface area contributed by atoms with Crippen LogP contribution in [0.25, 0.3) is 6.08 Å². The Morgan fingerprint density at radius 3 is 2.75 bits per heavy atom. The highest BCUT2D eigenvalue weighted by atomic mass is 127. The van der Waals surface area contributed by atoms with E-state index in [1.54, 1.807) is 30.3 Å². The average Bonchev–Trinajstić information content (AvgIpc) is 3.33. The number of nitrogens with zero attached hydrogens (tertiary/aromatic N) is 1. The second-order valence-electron chi connectivity index (χ2n) is 7.46. The first kappa shape index (κ1) is 25.9. The van der Waals surface area contributed by atoms with E-state index >= 15 is 0 Å². The van der Waals surface area contributed by atoms with Crippen molar-refractivity contribution in [2.24, 2.45) is 0 Å². The molecule has 3 aromatic carbocycles. The van der Waals surface area contributed by atoms with E-state index in [-0.39, 0.29) is 24.0 Å². The van der Waals surface area contributed by atoms with Crippen molar-refractivity contribution in [3.63, 3.8) is 0 Å². The Morgan fingerprint density at radius 2 is 1.97 bits per heavy atom. The van der Waals surface area contributed by atoms with Crippen LogP contribution in [-0.4, -0.2) is 19.3 Å². The summed E-state index contributed by atoms with van der Waals surface area (Å²) in [6.45, 7) is 2.76. The minimum atomic E-state index is -0.613. The molecule has 0 bridgehead atoms. The van der Waals surface area contributed by atoms with Gasteiger partial charge in [-0.3, -0.25) is 4.79 Å². The molecule has 184 valence electrons. The lowest BCUT2D eigenvalue weighted by atomic mass is 10.1. The van der Waals surface area contributed by atoms with E-state index in [4.69, 9.17) is 42.1 Å². The number of rotatable bonds is 8. The molecule has 0 atom stereocenters. The fraction of sp³-hybridized carbons (Fsp3) is 0.154. The van der Waals surface area contributed by atoms with Gasteiger partial charge in [-0.05, 0) is 83.1 Å². The first-order valence-corrected chi connectivity index (χ1v) is 12.6. The topological polar surface area (TPSA) is 89.8 Å². The Bertz CT molecular complexity index is 1390. The van der Waals surface area contributed by atoms with E-state index in [0.717, 1.165) is 9.13 Å². The summed E-state index contributed by atoms with van der Waals surface area (Å²) in [5.74, 6) is 1.82. The molecule has 0 saturated heterocycles. The van der Waals surface area contributed by atoms with Crippen molar-refractivity contribution in [1.29, 1.82) is 5.26 Å². The second kappa shape index (κ2) is 11.7. The minimum Gasteiger partial charge on any atom is -0.490 e. The van der Waals surface area contributed by atoms with Crippen LogP contribution in [0.15, 0.2) is 54.1 Å². The van der Waals surface area contributed by atoms with Crippen LogP contribution in [0.4, 0.5) is 5.69 Å². The molecule has 0 aliphatic carbocycles. The van der Waals surface area contributed by atoms with Gasteiger partial charge in [0.1, 0.15) is 18.2 Å². The third-order valence-electron chi connectivity index (χ3n) is 5.03. The number of hydrogen-bond donors (Lipinski definition) is 1. The van der Waals surface area contributed by atoms with Crippen LogP contribution < -0.4 is 24.3 Å². The maximum Gasteiger partial charge on any atom is 0.266 e. The van der Waals surface area contributed by atoms with Gasteiger partial charge in [-0.2, -0.15) is 5.26 Å². The molecule has 1 heterocycles. The molecule has 7 nitrogen and oxygen atoms in total. The summed E-state index contributed by atoms with van der Waals surface area (Å²) in [6, 6.07) is 15.9. The zero-order valence-corrected chi connectivity index (χ0v) is 22.6. The number of nitriles is 1. The SMILES string of the molecule is CCOc1cc(/C=C(/C#N)C(=O)Nc2cccc(Cl)c2Cl)cc(I)c1OCc1ccc2c(c1)OCO2. The van der Waals surface area contributed by atoms with Crippen LogP contribution in [-0.2, 0) is 11.4 Å². The maximum absolute atomic E-state index is 12.7. The Labute approximate surface area is 231 Å². The van der Waals surface area contributed by atoms with Crippen LogP contribution in [0.5, 0.6) is 23.0 Å². The zero-order chi connectivity index (χ0) is 25.7. The van der Waals surface area contributed by atoms with Gasteiger partial charge in [0.25, 0.3) is 5.91 Å². The van der Waals surface area contributed by atoms with E-state index in [2.05, 4.69) is 27.9 Å². The molecule has 1 amide bonds. The van der Waals surface area contributed by atoms with Crippen molar-refractivity contribution < 1.29 is 23.7 Å². The first-order chi connectivity index (χ1) is 17.4. The Hall–Kier alpha value is -3.13. The maximum atomic E-state index is 12.7. The van der Waals surface area contributed by atoms with Gasteiger partial charge in [0.2, 0.25) is 6.79 Å². The van der Waals surface area contributed by atoms with E-state index in [1.165, 1.54) is 6.08 Å². The van der Waals surface area contributed by atoms with Crippen molar-refractivity contribution in [2.45, 2.75) is 13.5 Å². The van der Waals surface area contributed by atoms with Crippen molar-refractivity contribution in [3.05, 3.63) is 78.8 Å². The van der Waals surface area contributed by atoms with Crippen molar-refractivity contribution in [2.75, 3.05) is 18.7 Å². The molecule has 36 heavy (non-hydrogen) atoms. The number of fused-ring (bicyclic) bond motifs is 1. The molecular formula is C26H19Cl2IN2O5. The molecule has 1 N–H and O–H groups in total. The number of amides is 1. The largest absolute Gasteiger partial charge is 0.490 e. The number of ether oxygens (including phenoxy) is 4. The molecule has 0 unspecified atom stereocenters. The Balaban J connectivity index is 1.56. The molecule has 0 spiro atoms. The van der Waals surface area contributed by atoms with Crippen LogP contribution >= 0.6 is 45.8 Å². The van der Waals surface area contributed by atoms with Crippen molar-refractivity contribution >= 4 is 63.5 Å². The fourth-order valence-electron chi connectivity index (χ4n) is 3.37. The highest BCUT2D eigenvalue weighted by Gasteiger charge is 2.17. The summed E-state index contributed by atoms with van der Waals surface area (Å²) in [7, 11) is 0. The quantitative estimate of drug-likeness (QED) is 0.165. The lowest BCUT2D eigenvalue weighted by Crippen LogP contribution is -2.13. The number of carbonyl (C=O) groups is 1. The third-order valence-corrected chi connectivity index (χ3v) is 6.65. The number of hydrogen-bond acceptors (Lipinski definition) is 6. The van der Waals surface area contributed by atoms with E-state index in [9.17, 15) is 10.1 Å². The molecule has 3 aromatic rings. The smallest absolute Gasteiger partial charge is 0.266 e. The summed E-state index contributed by atoms with van der Waals surface area (Å²) in [6.07, 6.45) is 1.47. The Kier molecular flexibility index (Phi) is 8.46. The highest BCUT2D eigenvalue weighted by molar-refractivity contribution is 14.1. The van der Waals surface area contributed by atoms with Gasteiger partial charge in [0.05, 0.1) is 25.9 Å². The summed E-state index contributed by atoms with van der Waals surface area (Å²) in [5.41, 5.74) is 1.71. The van der Waals surface area contributed by atoms with E-state index < -0.39 is 5.91 Å². The molecule has 0 fully saturated rings. The number of benzene rings is 3. The van der Waals surface area contributed by atoms with Gasteiger partial charge in [-0.1, -0.05) is 35.3 Å². The third kappa shape index (κ3) is 5.98. The molecule has 10 heteroatoms. The lowest BCUT2D eigenvalue weighted by Gasteiger charge is -2.15. The zero-order valence-electron chi connectivity index (χ0n) is 18.9. The minimum absolute atomic E-state index is 0.113. The van der Waals surface area contributed by atoms with Gasteiger partial charge in [0.15, 0.2) is 23.0 Å². The monoisotopic (exact) mass is 636 g/mol. The van der Waals surface area contributed by atoms with Crippen LogP contribution in [0, 0.1) is 14.9 Å². The molecule has 1 aliphatic heterocycles. The van der Waals surface area contributed by atoms with E-state index in [1.807, 2.05) is 31.2 Å². The molecular weight excluding hydrogens is 618 g/mol. The molecule has 1 aliphatic rings. The fourth-order valence-corrected chi connectivity index (χ4v) is 4.49. The highest BCUT2D eigenvalue weighted by Crippen LogP contribution is 2.37. The second-order valence-corrected chi connectivity index (χ2v) is 9.41. The summed E-state index contributed by atoms with van der Waals surface area (Å²) < 4.78 is 23.4. The first-order valence-electron chi connectivity index (χ1n) is 10.7. The standard InChI is InChI=1S/C26H19Cl2IN2O5/c1-2-33-23-11-16(8-17(12-30)26(32)31-20-5-3-4-18(27)24(20)28)9-19(29)25(23)34-13-15-6-7-21-22(10-15)36-14-35-21/h3-11H,2,13-14H2,1H3,(H,31,32)/b17-8-. The molecule has 0 radical (unpaired) electrons. The van der Waals surface area contributed by atoms with Gasteiger partial charge >= 0.3 is 0 Å². The van der Waals surface area contributed by atoms with Crippen molar-refractivity contribution in [1.82, 2.24) is 0 Å².